The van der Waals surface area contributed by atoms with Gasteiger partial charge in [-0.3, -0.25) is 0 Å². The second kappa shape index (κ2) is 8.24. The maximum Gasteiger partial charge on any atom is 0.222 e. The molecule has 6 heteroatoms. The first-order chi connectivity index (χ1) is 12.8. The summed E-state index contributed by atoms with van der Waals surface area (Å²) in [4.78, 5) is 11.4. The Bertz CT molecular complexity index is 823. The molecule has 0 spiro atoms. The molecule has 1 aliphatic heterocycles. The first kappa shape index (κ1) is 20.2. The summed E-state index contributed by atoms with van der Waals surface area (Å²) in [5.74, 6) is 3.28. The SMILES string of the molecule is Cc1nc(OC(CC(C)C)C(C)C)c2c(n1)N(c1ccc(Cl)cc1Cl)CC2. The minimum atomic E-state index is 0.136. The van der Waals surface area contributed by atoms with E-state index in [0.29, 0.717) is 33.6 Å². The van der Waals surface area contributed by atoms with Crippen molar-refractivity contribution >= 4 is 34.7 Å². The van der Waals surface area contributed by atoms with Crippen molar-refractivity contribution in [1.29, 1.82) is 0 Å². The average molecular weight is 408 g/mol. The lowest BCUT2D eigenvalue weighted by molar-refractivity contribution is 0.120. The van der Waals surface area contributed by atoms with E-state index in [1.54, 1.807) is 6.07 Å². The molecule has 0 bridgehead atoms. The lowest BCUT2D eigenvalue weighted by atomic mass is 9.97. The first-order valence-corrected chi connectivity index (χ1v) is 10.3. The summed E-state index contributed by atoms with van der Waals surface area (Å²) in [6.45, 7) is 11.5. The predicted octanol–water partition coefficient (Wildman–Crippen LogP) is 6.24. The molecule has 1 aliphatic rings. The quantitative estimate of drug-likeness (QED) is 0.568. The van der Waals surface area contributed by atoms with E-state index in [2.05, 4.69) is 37.6 Å². The van der Waals surface area contributed by atoms with Crippen LogP contribution in [0.2, 0.25) is 10.0 Å². The van der Waals surface area contributed by atoms with E-state index in [0.717, 1.165) is 36.5 Å². The van der Waals surface area contributed by atoms with Crippen LogP contribution in [0.25, 0.3) is 0 Å². The van der Waals surface area contributed by atoms with Crippen LogP contribution in [-0.4, -0.2) is 22.6 Å². The molecule has 1 aromatic heterocycles. The number of benzene rings is 1. The Hall–Kier alpha value is -1.52. The lowest BCUT2D eigenvalue weighted by Crippen LogP contribution is -2.26. The van der Waals surface area contributed by atoms with Crippen molar-refractivity contribution in [1.82, 2.24) is 9.97 Å². The fourth-order valence-corrected chi connectivity index (χ4v) is 3.93. The van der Waals surface area contributed by atoms with Gasteiger partial charge >= 0.3 is 0 Å². The zero-order chi connectivity index (χ0) is 19.7. The lowest BCUT2D eigenvalue weighted by Gasteiger charge is -2.25. The molecule has 0 N–H and O–H groups in total. The summed E-state index contributed by atoms with van der Waals surface area (Å²) < 4.78 is 6.41. The van der Waals surface area contributed by atoms with Crippen molar-refractivity contribution in [3.63, 3.8) is 0 Å². The molecular formula is C21H27Cl2N3O. The Balaban J connectivity index is 1.96. The van der Waals surface area contributed by atoms with Gasteiger partial charge in [-0.25, -0.2) is 4.98 Å². The number of aromatic nitrogens is 2. The predicted molar refractivity (Wildman–Crippen MR) is 113 cm³/mol. The molecule has 1 aromatic carbocycles. The number of anilines is 2. The Morgan fingerprint density at radius 2 is 1.89 bits per heavy atom. The second-order valence-corrected chi connectivity index (χ2v) is 8.75. The van der Waals surface area contributed by atoms with Gasteiger partial charge in [-0.05, 0) is 49.8 Å². The van der Waals surface area contributed by atoms with E-state index >= 15 is 0 Å². The van der Waals surface area contributed by atoms with E-state index in [9.17, 15) is 0 Å². The molecule has 0 fully saturated rings. The molecular weight excluding hydrogens is 381 g/mol. The monoisotopic (exact) mass is 407 g/mol. The number of ether oxygens (including phenoxy) is 1. The van der Waals surface area contributed by atoms with Crippen molar-refractivity contribution in [2.45, 2.75) is 53.6 Å². The van der Waals surface area contributed by atoms with Gasteiger partial charge in [-0.2, -0.15) is 4.98 Å². The van der Waals surface area contributed by atoms with Gasteiger partial charge < -0.3 is 9.64 Å². The second-order valence-electron chi connectivity index (χ2n) is 7.91. The molecule has 2 heterocycles. The highest BCUT2D eigenvalue weighted by Crippen LogP contribution is 2.41. The third-order valence-corrected chi connectivity index (χ3v) is 5.35. The summed E-state index contributed by atoms with van der Waals surface area (Å²) in [5.41, 5.74) is 1.97. The number of hydrogen-bond acceptors (Lipinski definition) is 4. The van der Waals surface area contributed by atoms with Gasteiger partial charge in [0.1, 0.15) is 17.7 Å². The maximum absolute atomic E-state index is 6.44. The zero-order valence-corrected chi connectivity index (χ0v) is 18.1. The van der Waals surface area contributed by atoms with Gasteiger partial charge in [0.25, 0.3) is 0 Å². The molecule has 146 valence electrons. The standard InChI is InChI=1S/C21H27Cl2N3O/c1-12(2)10-19(13(3)4)27-21-16-8-9-26(20(16)24-14(5)25-21)18-7-6-15(22)11-17(18)23/h6-7,11-13,19H,8-10H2,1-5H3. The van der Waals surface area contributed by atoms with Crippen LogP contribution in [0.5, 0.6) is 5.88 Å². The van der Waals surface area contributed by atoms with Crippen LogP contribution in [0, 0.1) is 18.8 Å². The Morgan fingerprint density at radius 1 is 1.15 bits per heavy atom. The number of nitrogens with zero attached hydrogens (tertiary/aromatic N) is 3. The highest BCUT2D eigenvalue weighted by molar-refractivity contribution is 6.36. The Morgan fingerprint density at radius 3 is 2.52 bits per heavy atom. The molecule has 1 atom stereocenters. The number of fused-ring (bicyclic) bond motifs is 1. The first-order valence-electron chi connectivity index (χ1n) is 9.53. The summed E-state index contributed by atoms with van der Waals surface area (Å²) in [6, 6.07) is 5.55. The third-order valence-electron chi connectivity index (χ3n) is 4.81. The van der Waals surface area contributed by atoms with Crippen LogP contribution < -0.4 is 9.64 Å². The van der Waals surface area contributed by atoms with Gasteiger partial charge in [-0.1, -0.05) is 50.9 Å². The van der Waals surface area contributed by atoms with Crippen LogP contribution in [0.15, 0.2) is 18.2 Å². The molecule has 0 saturated heterocycles. The van der Waals surface area contributed by atoms with Crippen LogP contribution >= 0.6 is 23.2 Å². The van der Waals surface area contributed by atoms with Crippen molar-refractivity contribution in [3.8, 4) is 5.88 Å². The van der Waals surface area contributed by atoms with Gasteiger partial charge in [0, 0.05) is 11.6 Å². The van der Waals surface area contributed by atoms with Crippen molar-refractivity contribution < 1.29 is 4.74 Å². The van der Waals surface area contributed by atoms with Gasteiger partial charge in [0.15, 0.2) is 0 Å². The van der Waals surface area contributed by atoms with E-state index in [1.165, 1.54) is 0 Å². The molecule has 27 heavy (non-hydrogen) atoms. The summed E-state index contributed by atoms with van der Waals surface area (Å²) in [5, 5.41) is 1.24. The average Bonchev–Trinajstić information content (AvgIpc) is 2.97. The Labute approximate surface area is 171 Å². The number of rotatable bonds is 6. The molecule has 3 rings (SSSR count). The molecule has 2 aromatic rings. The number of halogens is 2. The molecule has 0 amide bonds. The zero-order valence-electron chi connectivity index (χ0n) is 16.6. The largest absolute Gasteiger partial charge is 0.474 e. The van der Waals surface area contributed by atoms with Crippen molar-refractivity contribution in [2.75, 3.05) is 11.4 Å². The fourth-order valence-electron chi connectivity index (χ4n) is 3.42. The highest BCUT2D eigenvalue weighted by Gasteiger charge is 2.30. The third kappa shape index (κ3) is 4.49. The summed E-state index contributed by atoms with van der Waals surface area (Å²) in [6.07, 6.45) is 1.97. The molecule has 0 saturated carbocycles. The molecule has 1 unspecified atom stereocenters. The van der Waals surface area contributed by atoms with Crippen LogP contribution in [0.3, 0.4) is 0 Å². The van der Waals surface area contributed by atoms with Gasteiger partial charge in [-0.15, -0.1) is 0 Å². The minimum Gasteiger partial charge on any atom is -0.474 e. The molecule has 4 nitrogen and oxygen atoms in total. The maximum atomic E-state index is 6.44. The number of aryl methyl sites for hydroxylation is 1. The smallest absolute Gasteiger partial charge is 0.222 e. The molecule has 0 radical (unpaired) electrons. The number of hydrogen-bond donors (Lipinski definition) is 0. The normalized spacial score (nSPS) is 14.8. The topological polar surface area (TPSA) is 38.3 Å². The van der Waals surface area contributed by atoms with Crippen molar-refractivity contribution in [2.24, 2.45) is 11.8 Å². The van der Waals surface area contributed by atoms with E-state index in [4.69, 9.17) is 32.9 Å². The summed E-state index contributed by atoms with van der Waals surface area (Å²) in [7, 11) is 0. The molecule has 0 aliphatic carbocycles. The summed E-state index contributed by atoms with van der Waals surface area (Å²) >= 11 is 12.5. The Kier molecular flexibility index (Phi) is 6.17. The minimum absolute atomic E-state index is 0.136. The van der Waals surface area contributed by atoms with Crippen LogP contribution in [0.1, 0.15) is 45.5 Å². The van der Waals surface area contributed by atoms with Crippen molar-refractivity contribution in [3.05, 3.63) is 39.6 Å². The van der Waals surface area contributed by atoms with Crippen LogP contribution in [-0.2, 0) is 6.42 Å². The highest BCUT2D eigenvalue weighted by atomic mass is 35.5. The van der Waals surface area contributed by atoms with E-state index < -0.39 is 0 Å². The fraction of sp³-hybridized carbons (Fsp3) is 0.524. The van der Waals surface area contributed by atoms with E-state index in [1.807, 2.05) is 19.1 Å². The van der Waals surface area contributed by atoms with Gasteiger partial charge in [0.05, 0.1) is 16.3 Å². The van der Waals surface area contributed by atoms with Crippen LogP contribution in [0.4, 0.5) is 11.5 Å². The van der Waals surface area contributed by atoms with E-state index in [-0.39, 0.29) is 6.10 Å². The van der Waals surface area contributed by atoms with Gasteiger partial charge in [0.2, 0.25) is 5.88 Å².